The predicted molar refractivity (Wildman–Crippen MR) is 91.9 cm³/mol. The van der Waals surface area contributed by atoms with Gasteiger partial charge in [-0.25, -0.2) is 0 Å². The number of hydrogen-bond donors (Lipinski definition) is 0. The Labute approximate surface area is 137 Å². The molecule has 0 spiro atoms. The second kappa shape index (κ2) is 7.03. The van der Waals surface area contributed by atoms with E-state index in [9.17, 15) is 0 Å². The molecule has 1 saturated heterocycles. The van der Waals surface area contributed by atoms with Crippen LogP contribution < -0.4 is 9.64 Å². The highest BCUT2D eigenvalue weighted by Crippen LogP contribution is 2.21. The largest absolute Gasteiger partial charge is 0.497 e. The Morgan fingerprint density at radius 2 is 1.73 bits per heavy atom. The van der Waals surface area contributed by atoms with Crippen molar-refractivity contribution >= 4 is 17.3 Å². The topological polar surface area (TPSA) is 15.7 Å². The maximum Gasteiger partial charge on any atom is 0.118 e. The van der Waals surface area contributed by atoms with Gasteiger partial charge in [-0.2, -0.15) is 0 Å². The summed E-state index contributed by atoms with van der Waals surface area (Å²) >= 11 is 6.08. The van der Waals surface area contributed by atoms with Gasteiger partial charge in [0.25, 0.3) is 0 Å². The number of halogens is 1. The lowest BCUT2D eigenvalue weighted by atomic mass is 10.2. The number of nitrogens with zero attached hydrogens (tertiary/aromatic N) is 2. The summed E-state index contributed by atoms with van der Waals surface area (Å²) in [4.78, 5) is 4.89. The first-order valence-electron chi connectivity index (χ1n) is 7.60. The number of hydrogen-bond acceptors (Lipinski definition) is 3. The summed E-state index contributed by atoms with van der Waals surface area (Å²) in [5.41, 5.74) is 2.55. The zero-order chi connectivity index (χ0) is 15.4. The minimum absolute atomic E-state index is 0.804. The van der Waals surface area contributed by atoms with Crippen LogP contribution in [0, 0.1) is 0 Å². The highest BCUT2D eigenvalue weighted by molar-refractivity contribution is 6.30. The molecule has 0 aromatic heterocycles. The van der Waals surface area contributed by atoms with Crippen molar-refractivity contribution in [3.05, 3.63) is 59.1 Å². The lowest BCUT2D eigenvalue weighted by molar-refractivity contribution is 0.250. The molecule has 3 nitrogen and oxygen atoms in total. The third kappa shape index (κ3) is 3.73. The van der Waals surface area contributed by atoms with Crippen LogP contribution in [0.25, 0.3) is 0 Å². The molecule has 2 aromatic rings. The second-order valence-corrected chi connectivity index (χ2v) is 6.03. The van der Waals surface area contributed by atoms with Gasteiger partial charge < -0.3 is 9.64 Å². The van der Waals surface area contributed by atoms with Gasteiger partial charge in [-0.3, -0.25) is 4.90 Å². The van der Waals surface area contributed by atoms with Gasteiger partial charge in [0, 0.05) is 43.4 Å². The zero-order valence-corrected chi connectivity index (χ0v) is 13.6. The summed E-state index contributed by atoms with van der Waals surface area (Å²) in [7, 11) is 1.70. The van der Waals surface area contributed by atoms with Gasteiger partial charge in [0.2, 0.25) is 0 Å². The molecule has 22 heavy (non-hydrogen) atoms. The average Bonchev–Trinajstić information content (AvgIpc) is 2.56. The molecule has 1 fully saturated rings. The quantitative estimate of drug-likeness (QED) is 0.856. The summed E-state index contributed by atoms with van der Waals surface area (Å²) in [5, 5.41) is 0.804. The van der Waals surface area contributed by atoms with Crippen molar-refractivity contribution in [1.82, 2.24) is 4.90 Å². The van der Waals surface area contributed by atoms with Crippen LogP contribution in [-0.4, -0.2) is 38.2 Å². The maximum absolute atomic E-state index is 6.08. The third-order valence-corrected chi connectivity index (χ3v) is 4.35. The van der Waals surface area contributed by atoms with Gasteiger partial charge in [0.15, 0.2) is 0 Å². The van der Waals surface area contributed by atoms with Crippen molar-refractivity contribution in [3.8, 4) is 5.75 Å². The maximum atomic E-state index is 6.08. The van der Waals surface area contributed by atoms with Crippen LogP contribution in [0.15, 0.2) is 48.5 Å². The Morgan fingerprint density at radius 3 is 2.36 bits per heavy atom. The van der Waals surface area contributed by atoms with E-state index in [-0.39, 0.29) is 0 Å². The van der Waals surface area contributed by atoms with Crippen molar-refractivity contribution in [1.29, 1.82) is 0 Å². The molecule has 1 aliphatic heterocycles. The SMILES string of the molecule is COc1ccc(CN2CCN(c3cccc(Cl)c3)CC2)cc1. The molecular formula is C18H21ClN2O. The fourth-order valence-electron chi connectivity index (χ4n) is 2.83. The van der Waals surface area contributed by atoms with Crippen molar-refractivity contribution in [2.24, 2.45) is 0 Å². The monoisotopic (exact) mass is 316 g/mol. The Balaban J connectivity index is 1.55. The van der Waals surface area contributed by atoms with Gasteiger partial charge in [-0.15, -0.1) is 0 Å². The van der Waals surface area contributed by atoms with E-state index in [1.165, 1.54) is 11.3 Å². The van der Waals surface area contributed by atoms with Gasteiger partial charge in [0.05, 0.1) is 7.11 Å². The second-order valence-electron chi connectivity index (χ2n) is 5.59. The van der Waals surface area contributed by atoms with E-state index in [1.807, 2.05) is 30.3 Å². The average molecular weight is 317 g/mol. The Bertz CT molecular complexity index is 607. The molecule has 0 N–H and O–H groups in total. The van der Waals surface area contributed by atoms with E-state index in [4.69, 9.17) is 16.3 Å². The molecule has 0 radical (unpaired) electrons. The minimum Gasteiger partial charge on any atom is -0.497 e. The molecule has 0 bridgehead atoms. The Kier molecular flexibility index (Phi) is 4.86. The van der Waals surface area contributed by atoms with E-state index >= 15 is 0 Å². The molecule has 1 aliphatic rings. The van der Waals surface area contributed by atoms with Crippen molar-refractivity contribution in [3.63, 3.8) is 0 Å². The van der Waals surface area contributed by atoms with Crippen molar-refractivity contribution in [2.45, 2.75) is 6.54 Å². The van der Waals surface area contributed by atoms with Gasteiger partial charge in [-0.05, 0) is 35.9 Å². The van der Waals surface area contributed by atoms with E-state index < -0.39 is 0 Å². The third-order valence-electron chi connectivity index (χ3n) is 4.11. The molecule has 0 atom stereocenters. The standard InChI is InChI=1S/C18H21ClN2O/c1-22-18-7-5-15(6-8-18)14-20-9-11-21(12-10-20)17-4-2-3-16(19)13-17/h2-8,13H,9-12,14H2,1H3. The number of ether oxygens (including phenoxy) is 1. The molecule has 4 heteroatoms. The summed E-state index contributed by atoms with van der Waals surface area (Å²) in [5.74, 6) is 0.912. The highest BCUT2D eigenvalue weighted by Gasteiger charge is 2.17. The minimum atomic E-state index is 0.804. The lowest BCUT2D eigenvalue weighted by Crippen LogP contribution is -2.45. The zero-order valence-electron chi connectivity index (χ0n) is 12.8. The number of rotatable bonds is 4. The molecule has 0 aliphatic carbocycles. The fourth-order valence-corrected chi connectivity index (χ4v) is 3.01. The summed E-state index contributed by atoms with van der Waals surface area (Å²) < 4.78 is 5.20. The normalized spacial score (nSPS) is 15.8. The molecule has 0 unspecified atom stereocenters. The first-order valence-corrected chi connectivity index (χ1v) is 7.98. The molecule has 2 aromatic carbocycles. The van der Waals surface area contributed by atoms with E-state index in [2.05, 4.69) is 28.0 Å². The van der Waals surface area contributed by atoms with Crippen LogP contribution in [-0.2, 0) is 6.54 Å². The van der Waals surface area contributed by atoms with Gasteiger partial charge >= 0.3 is 0 Å². The van der Waals surface area contributed by atoms with Crippen LogP contribution in [0.3, 0.4) is 0 Å². The molecule has 1 heterocycles. The number of benzene rings is 2. The number of methoxy groups -OCH3 is 1. The predicted octanol–water partition coefficient (Wildman–Crippen LogP) is 3.67. The van der Waals surface area contributed by atoms with Crippen molar-refractivity contribution in [2.75, 3.05) is 38.2 Å². The molecule has 0 saturated carbocycles. The highest BCUT2D eigenvalue weighted by atomic mass is 35.5. The van der Waals surface area contributed by atoms with Crippen LogP contribution >= 0.6 is 11.6 Å². The van der Waals surface area contributed by atoms with E-state index in [1.54, 1.807) is 7.11 Å². The molecule has 116 valence electrons. The number of piperazine rings is 1. The Hall–Kier alpha value is -1.71. The van der Waals surface area contributed by atoms with Gasteiger partial charge in [-0.1, -0.05) is 29.8 Å². The van der Waals surface area contributed by atoms with Crippen LogP contribution in [0.5, 0.6) is 5.75 Å². The van der Waals surface area contributed by atoms with Crippen LogP contribution in [0.1, 0.15) is 5.56 Å². The summed E-state index contributed by atoms with van der Waals surface area (Å²) in [6.45, 7) is 5.21. The summed E-state index contributed by atoms with van der Waals surface area (Å²) in [6, 6.07) is 16.4. The first kappa shape index (κ1) is 15.2. The smallest absolute Gasteiger partial charge is 0.118 e. The van der Waals surface area contributed by atoms with Crippen LogP contribution in [0.4, 0.5) is 5.69 Å². The fraction of sp³-hybridized carbons (Fsp3) is 0.333. The first-order chi connectivity index (χ1) is 10.7. The van der Waals surface area contributed by atoms with E-state index in [0.717, 1.165) is 43.5 Å². The lowest BCUT2D eigenvalue weighted by Gasteiger charge is -2.36. The molecule has 0 amide bonds. The van der Waals surface area contributed by atoms with E-state index in [0.29, 0.717) is 0 Å². The van der Waals surface area contributed by atoms with Crippen molar-refractivity contribution < 1.29 is 4.74 Å². The molecule has 3 rings (SSSR count). The number of anilines is 1. The molecular weight excluding hydrogens is 296 g/mol. The Morgan fingerprint density at radius 1 is 1.00 bits per heavy atom. The van der Waals surface area contributed by atoms with Gasteiger partial charge in [0.1, 0.15) is 5.75 Å². The summed E-state index contributed by atoms with van der Waals surface area (Å²) in [6.07, 6.45) is 0. The van der Waals surface area contributed by atoms with Crippen LogP contribution in [0.2, 0.25) is 5.02 Å².